The first-order valence-electron chi connectivity index (χ1n) is 8.10. The van der Waals surface area contributed by atoms with Gasteiger partial charge in [-0.15, -0.1) is 0 Å². The summed E-state index contributed by atoms with van der Waals surface area (Å²) in [5, 5.41) is 0. The van der Waals surface area contributed by atoms with Crippen LogP contribution in [0.1, 0.15) is 91.4 Å². The Balaban J connectivity index is 3.10. The lowest BCUT2D eigenvalue weighted by Gasteiger charge is -2.01. The highest BCUT2D eigenvalue weighted by molar-refractivity contribution is 5.14. The molecule has 0 unspecified atom stereocenters. The summed E-state index contributed by atoms with van der Waals surface area (Å²) in [5.74, 6) is 0. The van der Waals surface area contributed by atoms with Crippen LogP contribution in [-0.2, 0) is 0 Å². The van der Waals surface area contributed by atoms with Crippen LogP contribution in [0.25, 0.3) is 0 Å². The Labute approximate surface area is 116 Å². The molecule has 0 aromatic rings. The van der Waals surface area contributed by atoms with E-state index in [1.54, 1.807) is 0 Å². The summed E-state index contributed by atoms with van der Waals surface area (Å²) >= 11 is 0. The van der Waals surface area contributed by atoms with Crippen LogP contribution < -0.4 is 0 Å². The van der Waals surface area contributed by atoms with Crippen LogP contribution in [0.3, 0.4) is 0 Å². The average Bonchev–Trinajstić information content (AvgIpc) is 2.39. The third kappa shape index (κ3) is 13.5. The molecule has 0 heteroatoms. The van der Waals surface area contributed by atoms with Gasteiger partial charge >= 0.3 is 0 Å². The van der Waals surface area contributed by atoms with Crippen LogP contribution in [0.15, 0.2) is 23.8 Å². The molecule has 0 heterocycles. The van der Waals surface area contributed by atoms with Crippen LogP contribution in [0.4, 0.5) is 0 Å². The summed E-state index contributed by atoms with van der Waals surface area (Å²) < 4.78 is 0. The molecule has 0 radical (unpaired) electrons. The lowest BCUT2D eigenvalue weighted by Crippen LogP contribution is -1.81. The fraction of sp³-hybridized carbons (Fsp3) is 0.778. The van der Waals surface area contributed by atoms with E-state index in [1.807, 2.05) is 0 Å². The third-order valence-corrected chi connectivity index (χ3v) is 3.56. The minimum atomic E-state index is 1.25. The van der Waals surface area contributed by atoms with Gasteiger partial charge in [-0.2, -0.15) is 0 Å². The summed E-state index contributed by atoms with van der Waals surface area (Å²) in [6.45, 7) is 6.54. The van der Waals surface area contributed by atoms with Gasteiger partial charge in [-0.05, 0) is 26.7 Å². The molecule has 0 aliphatic carbocycles. The van der Waals surface area contributed by atoms with Crippen molar-refractivity contribution in [1.29, 1.82) is 0 Å². The van der Waals surface area contributed by atoms with Crippen molar-refractivity contribution < 1.29 is 0 Å². The Bertz CT molecular complexity index is 210. The van der Waals surface area contributed by atoms with Crippen LogP contribution >= 0.6 is 0 Å². The summed E-state index contributed by atoms with van der Waals surface area (Å²) in [6.07, 6.45) is 22.2. The van der Waals surface area contributed by atoms with Crippen molar-refractivity contribution in [2.45, 2.75) is 91.4 Å². The zero-order chi connectivity index (χ0) is 13.5. The fourth-order valence-corrected chi connectivity index (χ4v) is 2.12. The molecule has 0 aromatic heterocycles. The van der Waals surface area contributed by atoms with Gasteiger partial charge in [0.2, 0.25) is 0 Å². The van der Waals surface area contributed by atoms with Crippen LogP contribution in [0, 0.1) is 0 Å². The number of rotatable bonds is 12. The number of hydrogen-bond donors (Lipinski definition) is 0. The summed E-state index contributed by atoms with van der Waals surface area (Å²) in [7, 11) is 0. The smallest absolute Gasteiger partial charge is 0.0348 e. The summed E-state index contributed by atoms with van der Waals surface area (Å²) in [6, 6.07) is 0. The van der Waals surface area contributed by atoms with E-state index in [0.717, 1.165) is 0 Å². The predicted octanol–water partition coefficient (Wildman–Crippen LogP) is 6.82. The second-order valence-corrected chi connectivity index (χ2v) is 5.41. The summed E-state index contributed by atoms with van der Waals surface area (Å²) in [4.78, 5) is 0. The first kappa shape index (κ1) is 17.5. The van der Waals surface area contributed by atoms with Crippen molar-refractivity contribution in [3.05, 3.63) is 23.8 Å². The second-order valence-electron chi connectivity index (χ2n) is 5.41. The van der Waals surface area contributed by atoms with E-state index in [2.05, 4.69) is 39.0 Å². The molecule has 0 bridgehead atoms. The highest BCUT2D eigenvalue weighted by atomic mass is 14.0. The lowest BCUT2D eigenvalue weighted by molar-refractivity contribution is 0.557. The van der Waals surface area contributed by atoms with Crippen LogP contribution in [0.2, 0.25) is 0 Å². The molecule has 0 aromatic carbocycles. The van der Waals surface area contributed by atoms with Gasteiger partial charge in [0.25, 0.3) is 0 Å². The van der Waals surface area contributed by atoms with Gasteiger partial charge in [0.05, 0.1) is 0 Å². The number of hydrogen-bond acceptors (Lipinski definition) is 0. The quantitative estimate of drug-likeness (QED) is 0.263. The molecule has 0 fully saturated rings. The largest absolute Gasteiger partial charge is 0.0847 e. The average molecular weight is 250 g/mol. The van der Waals surface area contributed by atoms with E-state index in [4.69, 9.17) is 0 Å². The molecule has 0 amide bonds. The zero-order valence-electron chi connectivity index (χ0n) is 13.0. The molecule has 0 aliphatic rings. The molecule has 0 saturated heterocycles. The standard InChI is InChI=1S/C18H34/c1-4-6-7-8-9-10-11-12-13-14-15-16-17-18(3)5-2/h5,16-17H,4,6-15H2,1-3H3/b17-16+,18-5?. The normalized spacial score (nSPS) is 12.5. The molecule has 0 nitrogen and oxygen atoms in total. The maximum atomic E-state index is 2.32. The van der Waals surface area contributed by atoms with Gasteiger partial charge in [0, 0.05) is 0 Å². The molecule has 0 spiro atoms. The number of unbranched alkanes of at least 4 members (excludes halogenated alkanes) is 10. The van der Waals surface area contributed by atoms with E-state index in [0.29, 0.717) is 0 Å². The molecule has 0 atom stereocenters. The first-order valence-corrected chi connectivity index (χ1v) is 8.10. The van der Waals surface area contributed by atoms with Crippen molar-refractivity contribution in [1.82, 2.24) is 0 Å². The molecule has 0 aliphatic heterocycles. The minimum absolute atomic E-state index is 1.25. The van der Waals surface area contributed by atoms with Crippen LogP contribution in [-0.4, -0.2) is 0 Å². The molecule has 106 valence electrons. The van der Waals surface area contributed by atoms with Gasteiger partial charge in [-0.3, -0.25) is 0 Å². The van der Waals surface area contributed by atoms with Gasteiger partial charge in [-0.1, -0.05) is 88.5 Å². The Kier molecular flexibility index (Phi) is 14.1. The SMILES string of the molecule is CC=C(C)/C=C/CCCCCCCCCCCC. The molecule has 0 N–H and O–H groups in total. The zero-order valence-corrected chi connectivity index (χ0v) is 13.0. The van der Waals surface area contributed by atoms with E-state index in [9.17, 15) is 0 Å². The van der Waals surface area contributed by atoms with Gasteiger partial charge in [-0.25, -0.2) is 0 Å². The molecule has 0 rings (SSSR count). The maximum absolute atomic E-state index is 2.32. The monoisotopic (exact) mass is 250 g/mol. The molecular weight excluding hydrogens is 216 g/mol. The predicted molar refractivity (Wildman–Crippen MR) is 85.0 cm³/mol. The lowest BCUT2D eigenvalue weighted by atomic mass is 10.1. The summed E-state index contributed by atoms with van der Waals surface area (Å²) in [5.41, 5.74) is 1.38. The fourth-order valence-electron chi connectivity index (χ4n) is 2.12. The first-order chi connectivity index (χ1) is 8.81. The highest BCUT2D eigenvalue weighted by Crippen LogP contribution is 2.11. The van der Waals surface area contributed by atoms with Gasteiger partial charge < -0.3 is 0 Å². The number of allylic oxidation sites excluding steroid dienone is 4. The Morgan fingerprint density at radius 3 is 1.78 bits per heavy atom. The van der Waals surface area contributed by atoms with E-state index >= 15 is 0 Å². The second kappa shape index (κ2) is 14.5. The minimum Gasteiger partial charge on any atom is -0.0847 e. The van der Waals surface area contributed by atoms with Gasteiger partial charge in [0.15, 0.2) is 0 Å². The van der Waals surface area contributed by atoms with Gasteiger partial charge in [0.1, 0.15) is 0 Å². The van der Waals surface area contributed by atoms with Crippen molar-refractivity contribution in [3.63, 3.8) is 0 Å². The Morgan fingerprint density at radius 1 is 0.778 bits per heavy atom. The highest BCUT2D eigenvalue weighted by Gasteiger charge is 1.91. The topological polar surface area (TPSA) is 0 Å². The van der Waals surface area contributed by atoms with Crippen molar-refractivity contribution in [2.75, 3.05) is 0 Å². The maximum Gasteiger partial charge on any atom is -0.0348 e. The van der Waals surface area contributed by atoms with Crippen molar-refractivity contribution in [3.8, 4) is 0 Å². The van der Waals surface area contributed by atoms with Crippen molar-refractivity contribution >= 4 is 0 Å². The molecule has 0 saturated carbocycles. The Morgan fingerprint density at radius 2 is 1.28 bits per heavy atom. The van der Waals surface area contributed by atoms with Crippen molar-refractivity contribution in [2.24, 2.45) is 0 Å². The van der Waals surface area contributed by atoms with E-state index in [-0.39, 0.29) is 0 Å². The van der Waals surface area contributed by atoms with E-state index in [1.165, 1.54) is 76.2 Å². The third-order valence-electron chi connectivity index (χ3n) is 3.56. The molecule has 18 heavy (non-hydrogen) atoms. The van der Waals surface area contributed by atoms with Crippen LogP contribution in [0.5, 0.6) is 0 Å². The molecular formula is C18H34. The van der Waals surface area contributed by atoms with E-state index < -0.39 is 0 Å². The Hall–Kier alpha value is -0.520.